The van der Waals surface area contributed by atoms with Crippen molar-refractivity contribution in [2.45, 2.75) is 12.8 Å². The van der Waals surface area contributed by atoms with E-state index in [0.717, 1.165) is 36.1 Å². The molecule has 0 amide bonds. The molecule has 0 aliphatic rings. The smallest absolute Gasteiger partial charge is 0.270 e. The number of hydrogen-bond acceptors (Lipinski definition) is 4. The number of hydrogen-bond donors (Lipinski definition) is 1. The molecule has 2 aromatic rings. The molecule has 0 unspecified atom stereocenters. The fourth-order valence-electron chi connectivity index (χ4n) is 1.73. The second kappa shape index (κ2) is 5.83. The number of anilines is 1. The Labute approximate surface area is 110 Å². The Balaban J connectivity index is 2.15. The molecule has 1 aromatic carbocycles. The molecule has 0 saturated carbocycles. The normalized spacial score (nSPS) is 10.1. The molecule has 0 aliphatic carbocycles. The molecule has 5 heteroatoms. The van der Waals surface area contributed by atoms with Crippen LogP contribution in [0.1, 0.15) is 12.8 Å². The first-order chi connectivity index (χ1) is 9.20. The highest BCUT2D eigenvalue weighted by atomic mass is 16.6. The van der Waals surface area contributed by atoms with Crippen molar-refractivity contribution >= 4 is 22.4 Å². The van der Waals surface area contributed by atoms with Gasteiger partial charge in [-0.1, -0.05) is 0 Å². The van der Waals surface area contributed by atoms with Gasteiger partial charge in [0.2, 0.25) is 0 Å². The number of nitrogens with zero attached hydrogens (tertiary/aromatic N) is 2. The quantitative estimate of drug-likeness (QED) is 0.386. The Hall–Kier alpha value is -2.61. The second-order valence-corrected chi connectivity index (χ2v) is 4.07. The number of terminal acetylenes is 1. The molecule has 1 heterocycles. The van der Waals surface area contributed by atoms with E-state index >= 15 is 0 Å². The Morgan fingerprint density at radius 1 is 1.37 bits per heavy atom. The molecule has 0 spiro atoms. The van der Waals surface area contributed by atoms with E-state index in [2.05, 4.69) is 16.2 Å². The number of benzene rings is 1. The van der Waals surface area contributed by atoms with E-state index in [4.69, 9.17) is 6.42 Å². The van der Waals surface area contributed by atoms with Crippen LogP contribution in [0.15, 0.2) is 30.3 Å². The van der Waals surface area contributed by atoms with Crippen LogP contribution in [-0.2, 0) is 0 Å². The van der Waals surface area contributed by atoms with Gasteiger partial charge in [-0.05, 0) is 24.6 Å². The molecular formula is C14H13N3O2. The standard InChI is InChI=1S/C14H13N3O2/c1-2-3-4-9-15-14-8-5-11-10-12(17(18)19)6-7-13(11)16-14/h1,5-8,10H,3-4,9H2,(H,15,16). The molecule has 5 nitrogen and oxygen atoms in total. The van der Waals surface area contributed by atoms with Crippen LogP contribution in [0, 0.1) is 22.5 Å². The highest BCUT2D eigenvalue weighted by molar-refractivity contribution is 5.82. The van der Waals surface area contributed by atoms with E-state index in [1.807, 2.05) is 12.1 Å². The average Bonchev–Trinajstić information content (AvgIpc) is 2.43. The zero-order valence-corrected chi connectivity index (χ0v) is 10.3. The maximum absolute atomic E-state index is 10.7. The highest BCUT2D eigenvalue weighted by Gasteiger charge is 2.06. The molecule has 1 aromatic heterocycles. The Morgan fingerprint density at radius 2 is 2.21 bits per heavy atom. The van der Waals surface area contributed by atoms with Crippen molar-refractivity contribution in [2.24, 2.45) is 0 Å². The van der Waals surface area contributed by atoms with Crippen molar-refractivity contribution in [1.82, 2.24) is 4.98 Å². The summed E-state index contributed by atoms with van der Waals surface area (Å²) >= 11 is 0. The summed E-state index contributed by atoms with van der Waals surface area (Å²) in [7, 11) is 0. The molecule has 2 rings (SSSR count). The lowest BCUT2D eigenvalue weighted by Gasteiger charge is -2.05. The van der Waals surface area contributed by atoms with E-state index < -0.39 is 4.92 Å². The number of fused-ring (bicyclic) bond motifs is 1. The number of nitrogens with one attached hydrogen (secondary N) is 1. The van der Waals surface area contributed by atoms with Crippen LogP contribution in [0.2, 0.25) is 0 Å². The zero-order valence-electron chi connectivity index (χ0n) is 10.3. The third-order valence-electron chi connectivity index (χ3n) is 2.69. The third-order valence-corrected chi connectivity index (χ3v) is 2.69. The molecule has 96 valence electrons. The van der Waals surface area contributed by atoms with Crippen molar-refractivity contribution in [3.05, 3.63) is 40.4 Å². The molecule has 19 heavy (non-hydrogen) atoms. The summed E-state index contributed by atoms with van der Waals surface area (Å²) in [4.78, 5) is 14.6. The summed E-state index contributed by atoms with van der Waals surface area (Å²) in [6.07, 6.45) is 6.79. The molecule has 0 fully saturated rings. The Kier molecular flexibility index (Phi) is 3.94. The minimum absolute atomic E-state index is 0.0732. The largest absolute Gasteiger partial charge is 0.370 e. The lowest BCUT2D eigenvalue weighted by Crippen LogP contribution is -2.02. The minimum Gasteiger partial charge on any atom is -0.370 e. The minimum atomic E-state index is -0.411. The number of non-ortho nitro benzene ring substituents is 1. The SMILES string of the molecule is C#CCCCNc1ccc2cc([N+](=O)[O-])ccc2n1. The Morgan fingerprint density at radius 3 is 2.95 bits per heavy atom. The predicted molar refractivity (Wildman–Crippen MR) is 75.0 cm³/mol. The molecule has 0 atom stereocenters. The van der Waals surface area contributed by atoms with Crippen LogP contribution in [0.5, 0.6) is 0 Å². The van der Waals surface area contributed by atoms with Gasteiger partial charge >= 0.3 is 0 Å². The van der Waals surface area contributed by atoms with Crippen LogP contribution >= 0.6 is 0 Å². The van der Waals surface area contributed by atoms with Crippen molar-refractivity contribution in [3.63, 3.8) is 0 Å². The zero-order chi connectivity index (χ0) is 13.7. The number of pyridine rings is 1. The van der Waals surface area contributed by atoms with Crippen LogP contribution in [0.25, 0.3) is 10.9 Å². The lowest BCUT2D eigenvalue weighted by molar-refractivity contribution is -0.384. The molecular weight excluding hydrogens is 242 g/mol. The third kappa shape index (κ3) is 3.19. The van der Waals surface area contributed by atoms with Gasteiger partial charge in [0, 0.05) is 30.5 Å². The van der Waals surface area contributed by atoms with E-state index in [-0.39, 0.29) is 5.69 Å². The first-order valence-corrected chi connectivity index (χ1v) is 5.93. The summed E-state index contributed by atoms with van der Waals surface area (Å²) < 4.78 is 0. The van der Waals surface area contributed by atoms with Gasteiger partial charge in [0.05, 0.1) is 10.4 Å². The molecule has 1 N–H and O–H groups in total. The summed E-state index contributed by atoms with van der Waals surface area (Å²) in [6.45, 7) is 0.760. The van der Waals surface area contributed by atoms with Crippen LogP contribution in [0.4, 0.5) is 11.5 Å². The van der Waals surface area contributed by atoms with E-state index in [0.29, 0.717) is 0 Å². The van der Waals surface area contributed by atoms with Gasteiger partial charge in [0.15, 0.2) is 0 Å². The summed E-state index contributed by atoms with van der Waals surface area (Å²) in [5.41, 5.74) is 0.802. The fourth-order valence-corrected chi connectivity index (χ4v) is 1.73. The summed E-state index contributed by atoms with van der Waals surface area (Å²) in [5.74, 6) is 3.32. The van der Waals surface area contributed by atoms with Gasteiger partial charge in [-0.25, -0.2) is 4.98 Å². The van der Waals surface area contributed by atoms with E-state index in [1.54, 1.807) is 6.07 Å². The topological polar surface area (TPSA) is 68.1 Å². The van der Waals surface area contributed by atoms with Gasteiger partial charge in [-0.15, -0.1) is 12.3 Å². The molecule has 0 radical (unpaired) electrons. The van der Waals surface area contributed by atoms with Gasteiger partial charge in [0.25, 0.3) is 5.69 Å². The number of nitro benzene ring substituents is 1. The second-order valence-electron chi connectivity index (χ2n) is 4.07. The fraction of sp³-hybridized carbons (Fsp3) is 0.214. The number of unbranched alkanes of at least 4 members (excludes halogenated alkanes) is 1. The first-order valence-electron chi connectivity index (χ1n) is 5.93. The molecule has 0 saturated heterocycles. The van der Waals surface area contributed by atoms with Crippen molar-refractivity contribution in [1.29, 1.82) is 0 Å². The van der Waals surface area contributed by atoms with Crippen LogP contribution < -0.4 is 5.32 Å². The lowest BCUT2D eigenvalue weighted by atomic mass is 10.2. The van der Waals surface area contributed by atoms with Gasteiger partial charge in [-0.2, -0.15) is 0 Å². The monoisotopic (exact) mass is 255 g/mol. The van der Waals surface area contributed by atoms with Crippen molar-refractivity contribution in [3.8, 4) is 12.3 Å². The highest BCUT2D eigenvalue weighted by Crippen LogP contribution is 2.20. The van der Waals surface area contributed by atoms with Gasteiger partial charge < -0.3 is 5.32 Å². The maximum atomic E-state index is 10.7. The van der Waals surface area contributed by atoms with Gasteiger partial charge in [-0.3, -0.25) is 10.1 Å². The number of nitro groups is 1. The maximum Gasteiger partial charge on any atom is 0.270 e. The number of rotatable bonds is 5. The van der Waals surface area contributed by atoms with Crippen LogP contribution in [-0.4, -0.2) is 16.5 Å². The van der Waals surface area contributed by atoms with E-state index in [1.165, 1.54) is 12.1 Å². The predicted octanol–water partition coefficient (Wildman–Crippen LogP) is 2.97. The summed E-state index contributed by atoms with van der Waals surface area (Å²) in [6, 6.07) is 8.25. The van der Waals surface area contributed by atoms with Crippen molar-refractivity contribution in [2.75, 3.05) is 11.9 Å². The van der Waals surface area contributed by atoms with E-state index in [9.17, 15) is 10.1 Å². The average molecular weight is 255 g/mol. The van der Waals surface area contributed by atoms with Crippen LogP contribution in [0.3, 0.4) is 0 Å². The number of aromatic nitrogens is 1. The van der Waals surface area contributed by atoms with Gasteiger partial charge in [0.1, 0.15) is 5.82 Å². The first kappa shape index (κ1) is 12.8. The molecule has 0 aliphatic heterocycles. The summed E-state index contributed by atoms with van der Waals surface area (Å²) in [5, 5.41) is 14.6. The Bertz CT molecular complexity index is 647. The molecule has 0 bridgehead atoms. The van der Waals surface area contributed by atoms with Crippen molar-refractivity contribution < 1.29 is 4.92 Å².